The highest BCUT2D eigenvalue weighted by atomic mass is 16.4. The van der Waals surface area contributed by atoms with E-state index in [9.17, 15) is 19.5 Å². The van der Waals surface area contributed by atoms with Crippen LogP contribution >= 0.6 is 0 Å². The van der Waals surface area contributed by atoms with E-state index in [2.05, 4.69) is 10.6 Å². The van der Waals surface area contributed by atoms with E-state index in [0.29, 0.717) is 5.69 Å². The molecule has 1 aromatic carbocycles. The zero-order valence-corrected chi connectivity index (χ0v) is 12.4. The third-order valence-corrected chi connectivity index (χ3v) is 2.91. The number of nitrogens with zero attached hydrogens (tertiary/aromatic N) is 1. The highest BCUT2D eigenvalue weighted by molar-refractivity contribution is 6.01. The Bertz CT molecular complexity index is 569. The Labute approximate surface area is 122 Å². The molecule has 21 heavy (non-hydrogen) atoms. The summed E-state index contributed by atoms with van der Waals surface area (Å²) in [5, 5.41) is 14.3. The minimum Gasteiger partial charge on any atom is -0.478 e. The van der Waals surface area contributed by atoms with Crippen LogP contribution in [-0.4, -0.2) is 41.0 Å². The van der Waals surface area contributed by atoms with Gasteiger partial charge in [-0.1, -0.05) is 0 Å². The molecule has 1 aromatic rings. The number of carbonyl (C=O) groups excluding carboxylic acids is 2. The highest BCUT2D eigenvalue weighted by Crippen LogP contribution is 2.21. The summed E-state index contributed by atoms with van der Waals surface area (Å²) in [6.45, 7) is 5.02. The van der Waals surface area contributed by atoms with Crippen molar-refractivity contribution in [1.82, 2.24) is 4.90 Å². The van der Waals surface area contributed by atoms with Gasteiger partial charge in [0.25, 0.3) is 0 Å². The van der Waals surface area contributed by atoms with Crippen LogP contribution in [0.15, 0.2) is 18.2 Å². The predicted octanol–water partition coefficient (Wildman–Crippen LogP) is 2.22. The molecule has 0 aliphatic heterocycles. The molecule has 114 valence electrons. The molecule has 0 aromatic heterocycles. The molecule has 0 radical (unpaired) electrons. The van der Waals surface area contributed by atoms with Crippen LogP contribution in [0.4, 0.5) is 16.2 Å². The number of nitrogens with one attached hydrogen (secondary N) is 2. The maximum atomic E-state index is 11.9. The number of carboxylic acid groups (broad SMARTS) is 1. The number of carboxylic acids is 1. The van der Waals surface area contributed by atoms with E-state index in [4.69, 9.17) is 0 Å². The lowest BCUT2D eigenvalue weighted by atomic mass is 10.1. The SMILES string of the molecule is CC(=O)Nc1ccc(NC(=O)N(C)C(C)C)c(C(=O)O)c1. The zero-order valence-electron chi connectivity index (χ0n) is 12.4. The van der Waals surface area contributed by atoms with Gasteiger partial charge in [-0.15, -0.1) is 0 Å². The van der Waals surface area contributed by atoms with Crippen molar-refractivity contribution in [1.29, 1.82) is 0 Å². The molecule has 0 bridgehead atoms. The topological polar surface area (TPSA) is 98.7 Å². The van der Waals surface area contributed by atoms with Gasteiger partial charge in [-0.2, -0.15) is 0 Å². The number of hydrogen-bond acceptors (Lipinski definition) is 3. The summed E-state index contributed by atoms with van der Waals surface area (Å²) < 4.78 is 0. The van der Waals surface area contributed by atoms with E-state index in [1.165, 1.54) is 30.0 Å². The third kappa shape index (κ3) is 4.48. The quantitative estimate of drug-likeness (QED) is 0.792. The predicted molar refractivity (Wildman–Crippen MR) is 79.6 cm³/mol. The van der Waals surface area contributed by atoms with E-state index < -0.39 is 12.0 Å². The molecule has 0 spiro atoms. The number of benzene rings is 1. The number of aromatic carboxylic acids is 1. The summed E-state index contributed by atoms with van der Waals surface area (Å²) in [4.78, 5) is 35.6. The minimum absolute atomic E-state index is 0.0167. The fraction of sp³-hybridized carbons (Fsp3) is 0.357. The Morgan fingerprint density at radius 1 is 1.19 bits per heavy atom. The van der Waals surface area contributed by atoms with Crippen LogP contribution in [-0.2, 0) is 4.79 Å². The second-order valence-corrected chi connectivity index (χ2v) is 4.88. The Balaban J connectivity index is 3.04. The molecular weight excluding hydrogens is 274 g/mol. The Morgan fingerprint density at radius 3 is 2.29 bits per heavy atom. The van der Waals surface area contributed by atoms with Gasteiger partial charge >= 0.3 is 12.0 Å². The van der Waals surface area contributed by atoms with Crippen molar-refractivity contribution in [3.63, 3.8) is 0 Å². The molecule has 7 heteroatoms. The van der Waals surface area contributed by atoms with Crippen LogP contribution in [0.2, 0.25) is 0 Å². The number of amides is 3. The molecule has 0 heterocycles. The van der Waals surface area contributed by atoms with E-state index in [0.717, 1.165) is 0 Å². The summed E-state index contributed by atoms with van der Waals surface area (Å²) in [6.07, 6.45) is 0. The van der Waals surface area contributed by atoms with Gasteiger partial charge in [0, 0.05) is 25.7 Å². The van der Waals surface area contributed by atoms with Gasteiger partial charge in [-0.3, -0.25) is 4.79 Å². The third-order valence-electron chi connectivity index (χ3n) is 2.91. The van der Waals surface area contributed by atoms with Gasteiger partial charge in [0.2, 0.25) is 5.91 Å². The van der Waals surface area contributed by atoms with Gasteiger partial charge in [0.05, 0.1) is 11.3 Å². The van der Waals surface area contributed by atoms with Gasteiger partial charge in [0.1, 0.15) is 0 Å². The lowest BCUT2D eigenvalue weighted by Gasteiger charge is -2.22. The summed E-state index contributed by atoms with van der Waals surface area (Å²) in [5.41, 5.74) is 0.441. The van der Waals surface area contributed by atoms with Crippen LogP contribution in [0.5, 0.6) is 0 Å². The Morgan fingerprint density at radius 2 is 1.81 bits per heavy atom. The van der Waals surface area contributed by atoms with Crippen LogP contribution in [0.25, 0.3) is 0 Å². The van der Waals surface area contributed by atoms with Crippen LogP contribution in [0.3, 0.4) is 0 Å². The fourth-order valence-corrected chi connectivity index (χ4v) is 1.55. The van der Waals surface area contributed by atoms with E-state index in [-0.39, 0.29) is 23.2 Å². The summed E-state index contributed by atoms with van der Waals surface area (Å²) in [7, 11) is 1.62. The first-order valence-corrected chi connectivity index (χ1v) is 6.41. The fourth-order valence-electron chi connectivity index (χ4n) is 1.55. The van der Waals surface area contributed by atoms with E-state index >= 15 is 0 Å². The molecule has 0 aliphatic rings. The first kappa shape index (κ1) is 16.5. The molecular formula is C14H19N3O4. The van der Waals surface area contributed by atoms with Crippen molar-refractivity contribution in [2.24, 2.45) is 0 Å². The summed E-state index contributed by atoms with van der Waals surface area (Å²) in [5.74, 6) is -1.49. The Kier molecular flexibility index (Phi) is 5.29. The molecule has 0 saturated heterocycles. The number of urea groups is 1. The molecule has 0 saturated carbocycles. The second kappa shape index (κ2) is 6.74. The van der Waals surface area contributed by atoms with Gasteiger partial charge in [-0.25, -0.2) is 9.59 Å². The van der Waals surface area contributed by atoms with Crippen LogP contribution in [0, 0.1) is 0 Å². The smallest absolute Gasteiger partial charge is 0.337 e. The number of rotatable bonds is 4. The van der Waals surface area contributed by atoms with Gasteiger partial charge in [-0.05, 0) is 32.0 Å². The highest BCUT2D eigenvalue weighted by Gasteiger charge is 2.17. The van der Waals surface area contributed by atoms with E-state index in [1.807, 2.05) is 13.8 Å². The monoisotopic (exact) mass is 293 g/mol. The summed E-state index contributed by atoms with van der Waals surface area (Å²) >= 11 is 0. The van der Waals surface area contributed by atoms with Crippen LogP contribution in [0.1, 0.15) is 31.1 Å². The lowest BCUT2D eigenvalue weighted by Crippen LogP contribution is -2.36. The largest absolute Gasteiger partial charge is 0.478 e. The van der Waals surface area contributed by atoms with Crippen molar-refractivity contribution in [2.75, 3.05) is 17.7 Å². The van der Waals surface area contributed by atoms with Crippen molar-refractivity contribution in [2.45, 2.75) is 26.8 Å². The Hall–Kier alpha value is -2.57. The average Bonchev–Trinajstić information content (AvgIpc) is 2.38. The summed E-state index contributed by atoms with van der Waals surface area (Å²) in [6, 6.07) is 3.85. The first-order valence-electron chi connectivity index (χ1n) is 6.41. The molecule has 7 nitrogen and oxygen atoms in total. The molecule has 0 atom stereocenters. The minimum atomic E-state index is -1.19. The normalized spacial score (nSPS) is 10.1. The van der Waals surface area contributed by atoms with Crippen molar-refractivity contribution < 1.29 is 19.5 Å². The lowest BCUT2D eigenvalue weighted by molar-refractivity contribution is -0.114. The number of anilines is 2. The van der Waals surface area contributed by atoms with Crippen molar-refractivity contribution in [3.05, 3.63) is 23.8 Å². The first-order chi connectivity index (χ1) is 9.72. The second-order valence-electron chi connectivity index (χ2n) is 4.88. The molecule has 0 aliphatic carbocycles. The zero-order chi connectivity index (χ0) is 16.2. The molecule has 3 amide bonds. The van der Waals surface area contributed by atoms with Gasteiger partial charge < -0.3 is 20.6 Å². The number of hydrogen-bond donors (Lipinski definition) is 3. The molecule has 0 unspecified atom stereocenters. The molecule has 3 N–H and O–H groups in total. The standard InChI is InChI=1S/C14H19N3O4/c1-8(2)17(4)14(21)16-12-6-5-10(15-9(3)18)7-11(12)13(19)20/h5-8H,1-4H3,(H,15,18)(H,16,21)(H,19,20). The van der Waals surface area contributed by atoms with Gasteiger partial charge in [0.15, 0.2) is 0 Å². The maximum Gasteiger partial charge on any atom is 0.337 e. The average molecular weight is 293 g/mol. The van der Waals surface area contributed by atoms with E-state index in [1.54, 1.807) is 7.05 Å². The molecule has 1 rings (SSSR count). The number of carbonyl (C=O) groups is 3. The van der Waals surface area contributed by atoms with Crippen molar-refractivity contribution >= 4 is 29.3 Å². The molecule has 0 fully saturated rings. The van der Waals surface area contributed by atoms with Crippen molar-refractivity contribution in [3.8, 4) is 0 Å². The van der Waals surface area contributed by atoms with Crippen LogP contribution < -0.4 is 10.6 Å². The maximum absolute atomic E-state index is 11.9.